The second-order valence-corrected chi connectivity index (χ2v) is 7.18. The first-order chi connectivity index (χ1) is 13.4. The fourth-order valence-electron chi connectivity index (χ4n) is 3.79. The summed E-state index contributed by atoms with van der Waals surface area (Å²) in [6.07, 6.45) is 4.83. The number of hydrogen-bond acceptors (Lipinski definition) is 7. The number of nitrogens with one attached hydrogen (secondary N) is 1. The Morgan fingerprint density at radius 2 is 1.93 bits per heavy atom. The highest BCUT2D eigenvalue weighted by Crippen LogP contribution is 2.30. The van der Waals surface area contributed by atoms with Crippen LogP contribution in [0.4, 0.5) is 11.4 Å². The van der Waals surface area contributed by atoms with E-state index in [1.54, 1.807) is 6.07 Å². The second-order valence-electron chi connectivity index (χ2n) is 7.18. The van der Waals surface area contributed by atoms with Crippen LogP contribution in [0.3, 0.4) is 0 Å². The molecule has 0 aromatic heterocycles. The number of non-ortho nitro benzene ring substituents is 1. The fraction of sp³-hybridized carbons (Fsp3) is 0.526. The van der Waals surface area contributed by atoms with Gasteiger partial charge in [0, 0.05) is 25.2 Å². The van der Waals surface area contributed by atoms with Crippen LogP contribution >= 0.6 is 0 Å². The summed E-state index contributed by atoms with van der Waals surface area (Å²) in [6.45, 7) is 0.969. The van der Waals surface area contributed by atoms with E-state index in [9.17, 15) is 25.0 Å². The van der Waals surface area contributed by atoms with Crippen molar-refractivity contribution in [2.24, 2.45) is 0 Å². The number of nitro groups is 1. The molecule has 2 aliphatic rings. The lowest BCUT2D eigenvalue weighted by molar-refractivity contribution is -0.384. The largest absolute Gasteiger partial charge is 0.452 e. The van der Waals surface area contributed by atoms with Gasteiger partial charge in [0.1, 0.15) is 5.54 Å². The molecule has 2 fully saturated rings. The molecule has 1 aliphatic heterocycles. The van der Waals surface area contributed by atoms with Crippen molar-refractivity contribution in [1.82, 2.24) is 5.32 Å². The van der Waals surface area contributed by atoms with Crippen LogP contribution in [0.1, 0.15) is 48.9 Å². The number of rotatable bonds is 6. The Hall–Kier alpha value is -3.15. The van der Waals surface area contributed by atoms with Crippen molar-refractivity contribution >= 4 is 23.3 Å². The molecule has 9 heteroatoms. The third kappa shape index (κ3) is 4.22. The van der Waals surface area contributed by atoms with Gasteiger partial charge in [-0.2, -0.15) is 5.26 Å². The predicted molar refractivity (Wildman–Crippen MR) is 99.8 cm³/mol. The van der Waals surface area contributed by atoms with Crippen LogP contribution in [0.25, 0.3) is 0 Å². The van der Waals surface area contributed by atoms with Crippen LogP contribution in [0.2, 0.25) is 0 Å². The number of carbonyl (C=O) groups is 2. The maximum atomic E-state index is 12.6. The Kier molecular flexibility index (Phi) is 5.78. The number of anilines is 1. The molecule has 0 spiro atoms. The maximum absolute atomic E-state index is 12.6. The van der Waals surface area contributed by atoms with Gasteiger partial charge in [0.25, 0.3) is 11.6 Å². The lowest BCUT2D eigenvalue weighted by atomic mass is 10.00. The van der Waals surface area contributed by atoms with Crippen molar-refractivity contribution in [2.45, 2.75) is 44.1 Å². The smallest absolute Gasteiger partial charge is 0.341 e. The fourth-order valence-corrected chi connectivity index (χ4v) is 3.79. The molecular weight excluding hydrogens is 364 g/mol. The summed E-state index contributed by atoms with van der Waals surface area (Å²) in [6, 6.07) is 6.22. The molecule has 1 aliphatic carbocycles. The summed E-state index contributed by atoms with van der Waals surface area (Å²) < 4.78 is 5.11. The molecule has 1 N–H and O–H groups in total. The third-order valence-corrected chi connectivity index (χ3v) is 5.24. The van der Waals surface area contributed by atoms with Crippen LogP contribution in [0, 0.1) is 21.4 Å². The Morgan fingerprint density at radius 1 is 1.25 bits per heavy atom. The van der Waals surface area contributed by atoms with Crippen molar-refractivity contribution < 1.29 is 19.2 Å². The molecule has 1 heterocycles. The highest BCUT2D eigenvalue weighted by Gasteiger charge is 2.35. The summed E-state index contributed by atoms with van der Waals surface area (Å²) in [5, 5.41) is 23.1. The summed E-state index contributed by atoms with van der Waals surface area (Å²) in [5.41, 5.74) is -0.471. The molecule has 1 saturated carbocycles. The molecule has 1 saturated heterocycles. The van der Waals surface area contributed by atoms with Crippen molar-refractivity contribution in [1.29, 1.82) is 5.26 Å². The van der Waals surface area contributed by atoms with E-state index in [0.717, 1.165) is 38.8 Å². The monoisotopic (exact) mass is 386 g/mol. The van der Waals surface area contributed by atoms with Crippen molar-refractivity contribution in [3.05, 3.63) is 33.9 Å². The van der Waals surface area contributed by atoms with E-state index in [2.05, 4.69) is 11.4 Å². The average molecular weight is 386 g/mol. The zero-order valence-corrected chi connectivity index (χ0v) is 15.5. The highest BCUT2D eigenvalue weighted by atomic mass is 16.6. The van der Waals surface area contributed by atoms with Gasteiger partial charge in [0.2, 0.25) is 0 Å². The van der Waals surface area contributed by atoms with Gasteiger partial charge in [-0.25, -0.2) is 4.79 Å². The number of carbonyl (C=O) groups excluding carboxylic acids is 2. The molecule has 9 nitrogen and oxygen atoms in total. The minimum Gasteiger partial charge on any atom is -0.452 e. The number of amides is 1. The first-order valence-electron chi connectivity index (χ1n) is 9.37. The zero-order valence-electron chi connectivity index (χ0n) is 15.5. The lowest BCUT2D eigenvalue weighted by Gasteiger charge is -2.22. The quantitative estimate of drug-likeness (QED) is 0.452. The van der Waals surface area contributed by atoms with E-state index in [0.29, 0.717) is 18.5 Å². The van der Waals surface area contributed by atoms with Crippen LogP contribution < -0.4 is 10.2 Å². The van der Waals surface area contributed by atoms with E-state index >= 15 is 0 Å². The average Bonchev–Trinajstić information content (AvgIpc) is 3.38. The van der Waals surface area contributed by atoms with Gasteiger partial charge in [-0.15, -0.1) is 0 Å². The predicted octanol–water partition coefficient (Wildman–Crippen LogP) is 2.30. The van der Waals surface area contributed by atoms with Gasteiger partial charge < -0.3 is 15.0 Å². The van der Waals surface area contributed by atoms with Gasteiger partial charge in [-0.1, -0.05) is 0 Å². The molecule has 28 heavy (non-hydrogen) atoms. The SMILES string of the molecule is N#CC1(NC(=O)COC(=O)c2cc([N+](=O)[O-])ccc2N2CCCC2)CCCC1. The summed E-state index contributed by atoms with van der Waals surface area (Å²) >= 11 is 0. The zero-order chi connectivity index (χ0) is 20.1. The van der Waals surface area contributed by atoms with Gasteiger partial charge in [0.05, 0.1) is 22.2 Å². The van der Waals surface area contributed by atoms with E-state index in [1.165, 1.54) is 12.1 Å². The minimum absolute atomic E-state index is 0.0692. The molecular formula is C19H22N4O5. The van der Waals surface area contributed by atoms with Crippen LogP contribution in [-0.2, 0) is 9.53 Å². The first kappa shape index (κ1) is 19.6. The van der Waals surface area contributed by atoms with E-state index in [1.807, 2.05) is 4.90 Å². The van der Waals surface area contributed by atoms with E-state index in [-0.39, 0.29) is 11.3 Å². The molecule has 0 bridgehead atoms. The van der Waals surface area contributed by atoms with Gasteiger partial charge >= 0.3 is 5.97 Å². The van der Waals surface area contributed by atoms with Gasteiger partial charge in [-0.3, -0.25) is 14.9 Å². The molecule has 3 rings (SSSR count). The normalized spacial score (nSPS) is 17.8. The van der Waals surface area contributed by atoms with Crippen molar-refractivity contribution in [2.75, 3.05) is 24.6 Å². The molecule has 0 unspecified atom stereocenters. The molecule has 0 atom stereocenters. The molecule has 1 aromatic rings. The second kappa shape index (κ2) is 8.25. The van der Waals surface area contributed by atoms with Crippen LogP contribution in [-0.4, -0.2) is 42.0 Å². The third-order valence-electron chi connectivity index (χ3n) is 5.24. The summed E-state index contributed by atoms with van der Waals surface area (Å²) in [7, 11) is 0. The van der Waals surface area contributed by atoms with E-state index in [4.69, 9.17) is 4.74 Å². The Labute approximate surface area is 162 Å². The van der Waals surface area contributed by atoms with Crippen LogP contribution in [0.15, 0.2) is 18.2 Å². The Balaban J connectivity index is 1.70. The number of nitro benzene ring substituents is 1. The first-order valence-corrected chi connectivity index (χ1v) is 9.37. The Morgan fingerprint density at radius 3 is 2.54 bits per heavy atom. The topological polar surface area (TPSA) is 126 Å². The van der Waals surface area contributed by atoms with Gasteiger partial charge in [0.15, 0.2) is 6.61 Å². The number of esters is 1. The summed E-state index contributed by atoms with van der Waals surface area (Å²) in [5.74, 6) is -1.34. The van der Waals surface area contributed by atoms with Crippen molar-refractivity contribution in [3.8, 4) is 6.07 Å². The number of benzene rings is 1. The highest BCUT2D eigenvalue weighted by molar-refractivity contribution is 5.98. The van der Waals surface area contributed by atoms with Crippen LogP contribution in [0.5, 0.6) is 0 Å². The van der Waals surface area contributed by atoms with E-state index < -0.39 is 28.9 Å². The van der Waals surface area contributed by atoms with Gasteiger partial charge in [-0.05, 0) is 44.6 Å². The van der Waals surface area contributed by atoms with Crippen molar-refractivity contribution in [3.63, 3.8) is 0 Å². The number of nitrogens with zero attached hydrogens (tertiary/aromatic N) is 3. The number of ether oxygens (including phenoxy) is 1. The molecule has 1 amide bonds. The molecule has 0 radical (unpaired) electrons. The summed E-state index contributed by atoms with van der Waals surface area (Å²) in [4.78, 5) is 37.2. The standard InChI is InChI=1S/C19H22N4O5/c20-13-19(7-1-2-8-19)21-17(24)12-28-18(25)15-11-14(23(26)27)5-6-16(15)22-9-3-4-10-22/h5-6,11H,1-4,7-10,12H2,(H,21,24). The minimum atomic E-state index is -0.893. The number of nitriles is 1. The maximum Gasteiger partial charge on any atom is 0.341 e. The lowest BCUT2D eigenvalue weighted by Crippen LogP contribution is -2.46. The Bertz CT molecular complexity index is 820. The number of hydrogen-bond donors (Lipinski definition) is 1. The molecule has 1 aromatic carbocycles. The molecule has 148 valence electrons.